The Bertz CT molecular complexity index is 288. The van der Waals surface area contributed by atoms with Crippen LogP contribution in [0.2, 0.25) is 0 Å². The zero-order valence-corrected chi connectivity index (χ0v) is 9.88. The second kappa shape index (κ2) is 4.41. The first-order valence-electron chi connectivity index (χ1n) is 5.63. The molecule has 1 saturated carbocycles. The summed E-state index contributed by atoms with van der Waals surface area (Å²) in [6.45, 7) is 3.14. The molecule has 1 aliphatic carbocycles. The molecule has 0 aliphatic heterocycles. The summed E-state index contributed by atoms with van der Waals surface area (Å²) in [7, 11) is 0. The van der Waals surface area contributed by atoms with Gasteiger partial charge in [0.05, 0.1) is 5.54 Å². The van der Waals surface area contributed by atoms with Crippen LogP contribution >= 0.6 is 0 Å². The van der Waals surface area contributed by atoms with Gasteiger partial charge in [-0.1, -0.05) is 19.3 Å². The van der Waals surface area contributed by atoms with E-state index in [0.717, 1.165) is 19.3 Å². The third kappa shape index (κ3) is 2.72. The number of carbonyl (C=O) groups excluding carboxylic acids is 1. The molecule has 1 amide bonds. The quantitative estimate of drug-likeness (QED) is 0.660. The van der Waals surface area contributed by atoms with Gasteiger partial charge in [-0.2, -0.15) is 0 Å². The summed E-state index contributed by atoms with van der Waals surface area (Å²) in [4.78, 5) is 23.0. The monoisotopic (exact) mass is 228 g/mol. The number of amides is 1. The molecule has 0 bridgehead atoms. The Morgan fingerprint density at radius 1 is 1.25 bits per heavy atom. The van der Waals surface area contributed by atoms with E-state index < -0.39 is 23.0 Å². The van der Waals surface area contributed by atoms with Crippen LogP contribution in [0.5, 0.6) is 0 Å². The third-order valence-electron chi connectivity index (χ3n) is 3.05. The smallest absolute Gasteiger partial charge is 0.329 e. The van der Waals surface area contributed by atoms with Crippen molar-refractivity contribution in [3.05, 3.63) is 0 Å². The van der Waals surface area contributed by atoms with Crippen LogP contribution in [0.3, 0.4) is 0 Å². The first kappa shape index (κ1) is 13.0. The Hall–Kier alpha value is -1.10. The highest BCUT2D eigenvalue weighted by Gasteiger charge is 2.42. The molecule has 0 saturated heterocycles. The number of hydrogen-bond donors (Lipinski definition) is 3. The van der Waals surface area contributed by atoms with Crippen molar-refractivity contribution in [2.75, 3.05) is 0 Å². The van der Waals surface area contributed by atoms with Gasteiger partial charge in [0, 0.05) is 0 Å². The molecule has 0 unspecified atom stereocenters. The average molecular weight is 228 g/mol. The highest BCUT2D eigenvalue weighted by molar-refractivity contribution is 5.91. The lowest BCUT2D eigenvalue weighted by Crippen LogP contribution is -2.61. The second-order valence-corrected chi connectivity index (χ2v) is 5.12. The molecule has 1 rings (SSSR count). The molecular weight excluding hydrogens is 208 g/mol. The highest BCUT2D eigenvalue weighted by Crippen LogP contribution is 2.28. The van der Waals surface area contributed by atoms with Crippen molar-refractivity contribution in [1.82, 2.24) is 5.32 Å². The molecule has 16 heavy (non-hydrogen) atoms. The van der Waals surface area contributed by atoms with Gasteiger partial charge >= 0.3 is 5.97 Å². The Morgan fingerprint density at radius 2 is 1.75 bits per heavy atom. The van der Waals surface area contributed by atoms with Gasteiger partial charge in [-0.15, -0.1) is 0 Å². The maximum Gasteiger partial charge on any atom is 0.329 e. The second-order valence-electron chi connectivity index (χ2n) is 5.12. The average Bonchev–Trinajstić information content (AvgIpc) is 2.17. The molecule has 0 spiro atoms. The van der Waals surface area contributed by atoms with Gasteiger partial charge < -0.3 is 16.2 Å². The number of carboxylic acids is 1. The van der Waals surface area contributed by atoms with E-state index in [1.54, 1.807) is 13.8 Å². The Kier molecular flexibility index (Phi) is 3.57. The van der Waals surface area contributed by atoms with Crippen LogP contribution in [0.25, 0.3) is 0 Å². The fourth-order valence-electron chi connectivity index (χ4n) is 1.93. The van der Waals surface area contributed by atoms with E-state index in [-0.39, 0.29) is 0 Å². The van der Waals surface area contributed by atoms with Crippen LogP contribution in [0, 0.1) is 0 Å². The van der Waals surface area contributed by atoms with Crippen molar-refractivity contribution in [3.63, 3.8) is 0 Å². The van der Waals surface area contributed by atoms with Crippen LogP contribution in [-0.4, -0.2) is 28.1 Å². The van der Waals surface area contributed by atoms with Crippen LogP contribution in [0.15, 0.2) is 0 Å². The molecule has 1 aliphatic rings. The number of hydrogen-bond acceptors (Lipinski definition) is 3. The molecule has 0 aromatic carbocycles. The van der Waals surface area contributed by atoms with Gasteiger partial charge in [0.2, 0.25) is 5.91 Å². The summed E-state index contributed by atoms with van der Waals surface area (Å²) in [5, 5.41) is 11.9. The standard InChI is InChI=1S/C11H20N2O3/c1-10(2,12)8(14)13-11(9(15)16)6-4-3-5-7-11/h3-7,12H2,1-2H3,(H,13,14)(H,15,16). The van der Waals surface area contributed by atoms with Crippen molar-refractivity contribution < 1.29 is 14.7 Å². The topological polar surface area (TPSA) is 92.4 Å². The summed E-state index contributed by atoms with van der Waals surface area (Å²) in [6.07, 6.45) is 3.67. The summed E-state index contributed by atoms with van der Waals surface area (Å²) in [5.74, 6) is -1.36. The maximum absolute atomic E-state index is 11.7. The van der Waals surface area contributed by atoms with Crippen molar-refractivity contribution in [3.8, 4) is 0 Å². The van der Waals surface area contributed by atoms with Crippen LogP contribution in [0.4, 0.5) is 0 Å². The molecule has 5 nitrogen and oxygen atoms in total. The molecule has 92 valence electrons. The predicted octanol–water partition coefficient (Wildman–Crippen LogP) is 0.627. The lowest BCUT2D eigenvalue weighted by atomic mass is 9.81. The van der Waals surface area contributed by atoms with E-state index in [1.807, 2.05) is 0 Å². The summed E-state index contributed by atoms with van der Waals surface area (Å²) in [6, 6.07) is 0. The van der Waals surface area contributed by atoms with E-state index in [4.69, 9.17) is 5.73 Å². The van der Waals surface area contributed by atoms with Gasteiger partial charge in [-0.3, -0.25) is 4.79 Å². The van der Waals surface area contributed by atoms with Crippen molar-refractivity contribution in [1.29, 1.82) is 0 Å². The summed E-state index contributed by atoms with van der Waals surface area (Å²) < 4.78 is 0. The van der Waals surface area contributed by atoms with Gasteiger partial charge in [0.1, 0.15) is 5.54 Å². The SMILES string of the molecule is CC(C)(N)C(=O)NC1(C(=O)O)CCCCC1. The number of rotatable bonds is 3. The third-order valence-corrected chi connectivity index (χ3v) is 3.05. The molecule has 0 radical (unpaired) electrons. The maximum atomic E-state index is 11.7. The summed E-state index contributed by atoms with van der Waals surface area (Å²) in [5.41, 5.74) is 3.50. The van der Waals surface area contributed by atoms with Crippen molar-refractivity contribution >= 4 is 11.9 Å². The zero-order valence-electron chi connectivity index (χ0n) is 9.88. The lowest BCUT2D eigenvalue weighted by molar-refractivity contribution is -0.150. The molecule has 0 atom stereocenters. The van der Waals surface area contributed by atoms with E-state index in [2.05, 4.69) is 5.32 Å². The Balaban J connectivity index is 2.79. The lowest BCUT2D eigenvalue weighted by Gasteiger charge is -2.36. The van der Waals surface area contributed by atoms with Gasteiger partial charge in [0.15, 0.2) is 0 Å². The first-order chi connectivity index (χ1) is 7.28. The molecule has 1 fully saturated rings. The fourth-order valence-corrected chi connectivity index (χ4v) is 1.93. The largest absolute Gasteiger partial charge is 0.480 e. The minimum absolute atomic E-state index is 0.406. The van der Waals surface area contributed by atoms with Crippen molar-refractivity contribution in [2.24, 2.45) is 5.73 Å². The van der Waals surface area contributed by atoms with Crippen LogP contribution < -0.4 is 11.1 Å². The number of nitrogens with two attached hydrogens (primary N) is 1. The van der Waals surface area contributed by atoms with Gasteiger partial charge in [0.25, 0.3) is 0 Å². The number of carbonyl (C=O) groups is 2. The number of carboxylic acid groups (broad SMARTS) is 1. The van der Waals surface area contributed by atoms with Crippen molar-refractivity contribution in [2.45, 2.75) is 57.0 Å². The number of aliphatic carboxylic acids is 1. The molecule has 4 N–H and O–H groups in total. The van der Waals surface area contributed by atoms with E-state index >= 15 is 0 Å². The van der Waals surface area contributed by atoms with E-state index in [0.29, 0.717) is 12.8 Å². The van der Waals surface area contributed by atoms with Gasteiger partial charge in [-0.25, -0.2) is 4.79 Å². The van der Waals surface area contributed by atoms with E-state index in [9.17, 15) is 14.7 Å². The molecule has 0 aromatic rings. The van der Waals surface area contributed by atoms with Crippen LogP contribution in [0.1, 0.15) is 46.0 Å². The van der Waals surface area contributed by atoms with Gasteiger partial charge in [-0.05, 0) is 26.7 Å². The minimum Gasteiger partial charge on any atom is -0.480 e. The normalized spacial score (nSPS) is 20.2. The Morgan fingerprint density at radius 3 is 2.12 bits per heavy atom. The minimum atomic E-state index is -1.11. The fraction of sp³-hybridized carbons (Fsp3) is 0.818. The predicted molar refractivity (Wildman–Crippen MR) is 59.9 cm³/mol. The van der Waals surface area contributed by atoms with E-state index in [1.165, 1.54) is 0 Å². The molecule has 0 aromatic heterocycles. The molecule has 0 heterocycles. The summed E-state index contributed by atoms with van der Waals surface area (Å²) >= 11 is 0. The molecule has 5 heteroatoms. The zero-order chi connectivity index (χ0) is 12.4. The Labute approximate surface area is 95.4 Å². The molecular formula is C11H20N2O3. The first-order valence-corrected chi connectivity index (χ1v) is 5.63. The van der Waals surface area contributed by atoms with Crippen LogP contribution in [-0.2, 0) is 9.59 Å². The number of nitrogens with one attached hydrogen (secondary N) is 1. The highest BCUT2D eigenvalue weighted by atomic mass is 16.4.